The van der Waals surface area contributed by atoms with E-state index in [1.807, 2.05) is 47.9 Å². The van der Waals surface area contributed by atoms with Gasteiger partial charge in [-0.2, -0.15) is 0 Å². The molecule has 0 bridgehead atoms. The van der Waals surface area contributed by atoms with Crippen molar-refractivity contribution < 1.29 is 5.11 Å². The average molecular weight is 271 g/mol. The number of anilines is 1. The van der Waals surface area contributed by atoms with Gasteiger partial charge in [0, 0.05) is 22.7 Å². The topological polar surface area (TPSA) is 32.3 Å². The molecule has 2 N–H and O–H groups in total. The molecule has 1 aromatic carbocycles. The minimum atomic E-state index is -0.615. The number of nitrogens with one attached hydrogen (secondary N) is 1. The van der Waals surface area contributed by atoms with E-state index in [1.54, 1.807) is 23.5 Å². The van der Waals surface area contributed by atoms with Crippen LogP contribution in [0.2, 0.25) is 0 Å². The number of hydrogen-bond acceptors (Lipinski definition) is 3. The van der Waals surface area contributed by atoms with E-state index in [0.717, 1.165) is 16.1 Å². The summed E-state index contributed by atoms with van der Waals surface area (Å²) in [5.74, 6) is 0. The Kier molecular flexibility index (Phi) is 4.95. The summed E-state index contributed by atoms with van der Waals surface area (Å²) in [5, 5.41) is 15.5. The van der Waals surface area contributed by atoms with E-state index in [4.69, 9.17) is 0 Å². The molecule has 0 aliphatic rings. The number of thiophene rings is 1. The predicted octanol–water partition coefficient (Wildman–Crippen LogP) is 4.09. The van der Waals surface area contributed by atoms with Crippen LogP contribution < -0.4 is 5.32 Å². The van der Waals surface area contributed by atoms with Crippen molar-refractivity contribution in [3.63, 3.8) is 0 Å². The Morgan fingerprint density at radius 2 is 2.11 bits per heavy atom. The van der Waals surface area contributed by atoms with Crippen molar-refractivity contribution in [2.24, 2.45) is 0 Å². The summed E-state index contributed by atoms with van der Waals surface area (Å²) in [6, 6.07) is 11.8. The van der Waals surface area contributed by atoms with Gasteiger partial charge in [-0.1, -0.05) is 36.4 Å². The minimum Gasteiger partial charge on any atom is -0.384 e. The maximum atomic E-state index is 10.3. The van der Waals surface area contributed by atoms with Gasteiger partial charge >= 0.3 is 0 Å². The lowest BCUT2D eigenvalue weighted by atomic mass is 10.1. The van der Waals surface area contributed by atoms with E-state index < -0.39 is 6.10 Å². The molecule has 0 fully saturated rings. The molecule has 3 heteroatoms. The Labute approximate surface area is 117 Å². The first-order valence-corrected chi connectivity index (χ1v) is 7.02. The highest BCUT2D eigenvalue weighted by molar-refractivity contribution is 7.10. The van der Waals surface area contributed by atoms with Crippen LogP contribution in [0.25, 0.3) is 6.08 Å². The first-order chi connectivity index (χ1) is 9.31. The molecule has 2 rings (SSSR count). The molecular formula is C16H17NOS. The summed E-state index contributed by atoms with van der Waals surface area (Å²) < 4.78 is 0. The minimum absolute atomic E-state index is 0.615. The van der Waals surface area contributed by atoms with E-state index in [-0.39, 0.29) is 0 Å². The molecule has 0 spiro atoms. The van der Waals surface area contributed by atoms with Crippen LogP contribution in [-0.2, 0) is 0 Å². The smallest absolute Gasteiger partial charge is 0.0995 e. The van der Waals surface area contributed by atoms with E-state index in [9.17, 15) is 5.11 Å². The van der Waals surface area contributed by atoms with Crippen LogP contribution in [-0.4, -0.2) is 11.7 Å². The molecule has 0 saturated heterocycles. The first kappa shape index (κ1) is 13.6. The van der Waals surface area contributed by atoms with Crippen LogP contribution in [0.3, 0.4) is 0 Å². The summed E-state index contributed by atoms with van der Waals surface area (Å²) in [4.78, 5) is 1.13. The van der Waals surface area contributed by atoms with Gasteiger partial charge in [-0.05, 0) is 23.6 Å². The van der Waals surface area contributed by atoms with Crippen molar-refractivity contribution in [1.29, 1.82) is 0 Å². The lowest BCUT2D eigenvalue weighted by Gasteiger charge is -2.13. The highest BCUT2D eigenvalue weighted by Crippen LogP contribution is 2.24. The number of aliphatic hydroxyl groups is 1. The second kappa shape index (κ2) is 6.92. The molecule has 2 nitrogen and oxygen atoms in total. The van der Waals surface area contributed by atoms with Gasteiger partial charge in [-0.25, -0.2) is 0 Å². The molecule has 1 atom stereocenters. The fourth-order valence-corrected chi connectivity index (χ4v) is 2.40. The summed E-state index contributed by atoms with van der Waals surface area (Å²) in [6.07, 6.45) is 4.93. The molecule has 0 saturated carbocycles. The second-order valence-electron chi connectivity index (χ2n) is 4.08. The molecule has 1 unspecified atom stereocenters. The zero-order chi connectivity index (χ0) is 13.5. The van der Waals surface area contributed by atoms with E-state index in [0.29, 0.717) is 6.54 Å². The van der Waals surface area contributed by atoms with Crippen molar-refractivity contribution in [3.05, 3.63) is 70.9 Å². The maximum Gasteiger partial charge on any atom is 0.0995 e. The highest BCUT2D eigenvalue weighted by atomic mass is 32.1. The number of rotatable bonds is 6. The number of hydrogen-bond donors (Lipinski definition) is 2. The quantitative estimate of drug-likeness (QED) is 0.775. The third kappa shape index (κ3) is 3.81. The van der Waals surface area contributed by atoms with Gasteiger partial charge in [-0.3, -0.25) is 0 Å². The van der Waals surface area contributed by atoms with E-state index in [2.05, 4.69) is 11.9 Å². The van der Waals surface area contributed by atoms with Gasteiger partial charge in [0.25, 0.3) is 0 Å². The second-order valence-corrected chi connectivity index (χ2v) is 5.06. The van der Waals surface area contributed by atoms with Gasteiger partial charge in [0.2, 0.25) is 0 Å². The lowest BCUT2D eigenvalue weighted by Crippen LogP contribution is -2.04. The van der Waals surface area contributed by atoms with Crippen molar-refractivity contribution in [1.82, 2.24) is 0 Å². The van der Waals surface area contributed by atoms with E-state index >= 15 is 0 Å². The highest BCUT2D eigenvalue weighted by Gasteiger charge is 2.08. The zero-order valence-corrected chi connectivity index (χ0v) is 11.4. The van der Waals surface area contributed by atoms with Crippen LogP contribution in [0, 0.1) is 0 Å². The summed E-state index contributed by atoms with van der Waals surface area (Å²) >= 11 is 1.65. The van der Waals surface area contributed by atoms with E-state index in [1.165, 1.54) is 0 Å². The normalized spacial score (nSPS) is 12.5. The Hall–Kier alpha value is -1.84. The van der Waals surface area contributed by atoms with Gasteiger partial charge in [0.1, 0.15) is 0 Å². The van der Waals surface area contributed by atoms with Gasteiger partial charge in [0.05, 0.1) is 6.10 Å². The lowest BCUT2D eigenvalue weighted by molar-refractivity contribution is 0.230. The van der Waals surface area contributed by atoms with Crippen LogP contribution in [0.4, 0.5) is 5.69 Å². The van der Waals surface area contributed by atoms with Crippen LogP contribution in [0.1, 0.15) is 16.5 Å². The van der Waals surface area contributed by atoms with Crippen LogP contribution in [0.5, 0.6) is 0 Å². The number of para-hydroxylation sites is 1. The monoisotopic (exact) mass is 271 g/mol. The molecule has 2 aromatic rings. The van der Waals surface area contributed by atoms with Gasteiger partial charge < -0.3 is 10.4 Å². The van der Waals surface area contributed by atoms with Crippen molar-refractivity contribution >= 4 is 23.1 Å². The largest absolute Gasteiger partial charge is 0.384 e. The third-order valence-corrected chi connectivity index (χ3v) is 3.54. The summed E-state index contributed by atoms with van der Waals surface area (Å²) in [5.41, 5.74) is 1.81. The molecular weight excluding hydrogens is 254 g/mol. The molecule has 0 radical (unpaired) electrons. The van der Waals surface area contributed by atoms with Crippen molar-refractivity contribution in [2.45, 2.75) is 6.10 Å². The van der Waals surface area contributed by atoms with Crippen molar-refractivity contribution in [2.75, 3.05) is 11.9 Å². The van der Waals surface area contributed by atoms with Gasteiger partial charge in [-0.15, -0.1) is 17.9 Å². The Balaban J connectivity index is 2.13. The molecule has 0 aliphatic carbocycles. The SMILES string of the molecule is C=CCNc1ccccc1C(O)/C=C/c1cccs1. The molecule has 98 valence electrons. The summed E-state index contributed by atoms with van der Waals surface area (Å²) in [7, 11) is 0. The fourth-order valence-electron chi connectivity index (χ4n) is 1.77. The van der Waals surface area contributed by atoms with Crippen LogP contribution >= 0.6 is 11.3 Å². The Morgan fingerprint density at radius 1 is 1.26 bits per heavy atom. The molecule has 0 amide bonds. The first-order valence-electron chi connectivity index (χ1n) is 6.14. The maximum absolute atomic E-state index is 10.3. The zero-order valence-electron chi connectivity index (χ0n) is 10.6. The average Bonchev–Trinajstić information content (AvgIpc) is 2.96. The molecule has 1 heterocycles. The Bertz CT molecular complexity index is 546. The third-order valence-electron chi connectivity index (χ3n) is 2.70. The van der Waals surface area contributed by atoms with Crippen molar-refractivity contribution in [3.8, 4) is 0 Å². The fraction of sp³-hybridized carbons (Fsp3) is 0.125. The predicted molar refractivity (Wildman–Crippen MR) is 83.4 cm³/mol. The summed E-state index contributed by atoms with van der Waals surface area (Å²) in [6.45, 7) is 4.36. The van der Waals surface area contributed by atoms with Crippen LogP contribution in [0.15, 0.2) is 60.5 Å². The Morgan fingerprint density at radius 3 is 2.84 bits per heavy atom. The standard InChI is InChI=1S/C16H17NOS/c1-2-11-17-15-8-4-3-7-14(15)16(18)10-9-13-6-5-12-19-13/h2-10,12,16-18H,1,11H2/b10-9+. The number of aliphatic hydroxyl groups excluding tert-OH is 1. The molecule has 19 heavy (non-hydrogen) atoms. The van der Waals surface area contributed by atoms with Gasteiger partial charge in [0.15, 0.2) is 0 Å². The molecule has 0 aliphatic heterocycles. The molecule has 1 aromatic heterocycles. The number of benzene rings is 1.